The summed E-state index contributed by atoms with van der Waals surface area (Å²) >= 11 is 0. The number of H-pyrrole nitrogens is 1. The Kier molecular flexibility index (Phi) is 4.90. The summed E-state index contributed by atoms with van der Waals surface area (Å²) in [5, 5.41) is 17.0. The molecule has 2 heterocycles. The smallest absolute Gasteiger partial charge is 0.165 e. The third kappa shape index (κ3) is 3.14. The number of aromatic amines is 1. The fourth-order valence-electron chi connectivity index (χ4n) is 3.19. The number of benzene rings is 2. The lowest BCUT2D eigenvalue weighted by molar-refractivity contribution is 0.355. The van der Waals surface area contributed by atoms with Crippen LogP contribution in [0, 0.1) is 17.1 Å². The minimum absolute atomic E-state index is 0.109. The van der Waals surface area contributed by atoms with Gasteiger partial charge in [0.2, 0.25) is 0 Å². The molecule has 0 saturated heterocycles. The van der Waals surface area contributed by atoms with Gasteiger partial charge in [-0.05, 0) is 30.3 Å². The summed E-state index contributed by atoms with van der Waals surface area (Å²) in [6.45, 7) is 0. The number of anilines is 2. The summed E-state index contributed by atoms with van der Waals surface area (Å²) < 4.78 is 31.3. The lowest BCUT2D eigenvalue weighted by Gasteiger charge is -2.12. The number of nitrogens with one attached hydrogen (secondary N) is 2. The molecule has 8 nitrogen and oxygen atoms in total. The Labute approximate surface area is 171 Å². The average molecular weight is 407 g/mol. The summed E-state index contributed by atoms with van der Waals surface area (Å²) in [6.07, 6.45) is 1.47. The molecule has 0 radical (unpaired) electrons. The maximum atomic E-state index is 13.9. The van der Waals surface area contributed by atoms with Crippen LogP contribution in [0.1, 0.15) is 5.56 Å². The number of methoxy groups -OCH3 is 3. The van der Waals surface area contributed by atoms with E-state index in [1.807, 2.05) is 6.07 Å². The number of imidazole rings is 1. The number of rotatable bonds is 6. The predicted molar refractivity (Wildman–Crippen MR) is 109 cm³/mol. The number of nitrogens with zero attached hydrogens (tertiary/aromatic N) is 3. The predicted octanol–water partition coefficient (Wildman–Crippen LogP) is 4.11. The molecular weight excluding hydrogens is 389 g/mol. The number of hydrogen-bond acceptors (Lipinski definition) is 6. The first-order valence-corrected chi connectivity index (χ1v) is 8.92. The molecule has 2 aromatic heterocycles. The van der Waals surface area contributed by atoms with E-state index in [9.17, 15) is 9.65 Å². The zero-order valence-electron chi connectivity index (χ0n) is 16.5. The summed E-state index contributed by atoms with van der Waals surface area (Å²) in [7, 11) is 4.52. The molecule has 152 valence electrons. The Balaban J connectivity index is 1.87. The van der Waals surface area contributed by atoms with Gasteiger partial charge in [-0.25, -0.2) is 4.39 Å². The van der Waals surface area contributed by atoms with Crippen molar-refractivity contribution in [1.29, 1.82) is 5.26 Å². The minimum atomic E-state index is -0.468. The van der Waals surface area contributed by atoms with Crippen LogP contribution in [0.5, 0.6) is 17.2 Å². The molecule has 4 rings (SSSR count). The number of fused-ring (bicyclic) bond motifs is 1. The zero-order valence-corrected chi connectivity index (χ0v) is 16.5. The van der Waals surface area contributed by atoms with Gasteiger partial charge in [0.15, 0.2) is 34.5 Å². The number of halogens is 1. The Morgan fingerprint density at radius 2 is 1.80 bits per heavy atom. The van der Waals surface area contributed by atoms with E-state index in [1.54, 1.807) is 43.0 Å². The van der Waals surface area contributed by atoms with Gasteiger partial charge in [-0.15, -0.1) is 0 Å². The van der Waals surface area contributed by atoms with Gasteiger partial charge in [-0.1, -0.05) is 0 Å². The third-order valence-electron chi connectivity index (χ3n) is 4.67. The Hall–Kier alpha value is -4.19. The van der Waals surface area contributed by atoms with Gasteiger partial charge in [0, 0.05) is 17.3 Å². The van der Waals surface area contributed by atoms with Crippen molar-refractivity contribution in [3.8, 4) is 34.6 Å². The number of nitriles is 1. The fourth-order valence-corrected chi connectivity index (χ4v) is 3.19. The number of aromatic nitrogens is 3. The molecule has 0 spiro atoms. The Morgan fingerprint density at radius 1 is 1.03 bits per heavy atom. The van der Waals surface area contributed by atoms with E-state index in [2.05, 4.69) is 21.5 Å². The van der Waals surface area contributed by atoms with E-state index in [4.69, 9.17) is 14.2 Å². The molecule has 0 aliphatic rings. The molecule has 2 aromatic carbocycles. The second-order valence-corrected chi connectivity index (χ2v) is 6.32. The van der Waals surface area contributed by atoms with Crippen LogP contribution in [0.25, 0.3) is 16.9 Å². The van der Waals surface area contributed by atoms with Gasteiger partial charge in [0.05, 0.1) is 33.2 Å². The van der Waals surface area contributed by atoms with Crippen LogP contribution in [-0.2, 0) is 0 Å². The van der Waals surface area contributed by atoms with Crippen LogP contribution in [-0.4, -0.2) is 35.9 Å². The quantitative estimate of drug-likeness (QED) is 0.499. The molecule has 4 aromatic rings. The van der Waals surface area contributed by atoms with Crippen molar-refractivity contribution >= 4 is 17.2 Å². The largest absolute Gasteiger partial charge is 0.494 e. The molecule has 0 amide bonds. The summed E-state index contributed by atoms with van der Waals surface area (Å²) in [5.74, 6) is 1.35. The maximum absolute atomic E-state index is 13.9. The van der Waals surface area contributed by atoms with E-state index >= 15 is 0 Å². The van der Waals surface area contributed by atoms with Crippen LogP contribution >= 0.6 is 0 Å². The summed E-state index contributed by atoms with van der Waals surface area (Å²) in [4.78, 5) is 3.20. The molecule has 0 atom stereocenters. The van der Waals surface area contributed by atoms with E-state index in [1.165, 1.54) is 19.4 Å². The molecule has 9 heteroatoms. The average Bonchev–Trinajstić information content (AvgIpc) is 3.33. The Morgan fingerprint density at radius 3 is 2.50 bits per heavy atom. The number of hydrogen-bond donors (Lipinski definition) is 2. The van der Waals surface area contributed by atoms with Crippen molar-refractivity contribution < 1.29 is 18.6 Å². The summed E-state index contributed by atoms with van der Waals surface area (Å²) in [5.41, 5.74) is 2.87. The van der Waals surface area contributed by atoms with Gasteiger partial charge in [-0.2, -0.15) is 14.9 Å². The highest BCUT2D eigenvalue weighted by Gasteiger charge is 2.19. The Bertz CT molecular complexity index is 1270. The fraction of sp³-hybridized carbons (Fsp3) is 0.143. The van der Waals surface area contributed by atoms with Crippen molar-refractivity contribution in [2.45, 2.75) is 0 Å². The lowest BCUT2D eigenvalue weighted by Crippen LogP contribution is -1.99. The van der Waals surface area contributed by atoms with E-state index < -0.39 is 5.82 Å². The first-order valence-electron chi connectivity index (χ1n) is 8.92. The highest BCUT2D eigenvalue weighted by Crippen LogP contribution is 2.36. The van der Waals surface area contributed by atoms with Crippen molar-refractivity contribution in [3.63, 3.8) is 0 Å². The summed E-state index contributed by atoms with van der Waals surface area (Å²) in [6, 6.07) is 12.0. The molecule has 30 heavy (non-hydrogen) atoms. The molecule has 0 fully saturated rings. The first-order chi connectivity index (χ1) is 14.6. The van der Waals surface area contributed by atoms with Crippen molar-refractivity contribution in [2.75, 3.05) is 26.6 Å². The SMILES string of the molecule is COc1cc(-c2[nH]c3c(C#N)cnn3c2Nc2ccc(OC)c(OC)c2)ccc1F. The van der Waals surface area contributed by atoms with Crippen molar-refractivity contribution in [3.05, 3.63) is 54.0 Å². The van der Waals surface area contributed by atoms with Crippen LogP contribution in [0.4, 0.5) is 15.9 Å². The van der Waals surface area contributed by atoms with E-state index in [-0.39, 0.29) is 5.75 Å². The third-order valence-corrected chi connectivity index (χ3v) is 4.67. The molecule has 0 aliphatic heterocycles. The molecule has 0 unspecified atom stereocenters. The topological polar surface area (TPSA) is 96.6 Å². The van der Waals surface area contributed by atoms with Crippen LogP contribution in [0.3, 0.4) is 0 Å². The van der Waals surface area contributed by atoms with Crippen LogP contribution < -0.4 is 19.5 Å². The van der Waals surface area contributed by atoms with Gasteiger partial charge >= 0.3 is 0 Å². The zero-order chi connectivity index (χ0) is 21.3. The van der Waals surface area contributed by atoms with Crippen molar-refractivity contribution in [2.24, 2.45) is 0 Å². The van der Waals surface area contributed by atoms with Gasteiger partial charge in [0.25, 0.3) is 0 Å². The normalized spacial score (nSPS) is 10.6. The van der Waals surface area contributed by atoms with Crippen LogP contribution in [0.15, 0.2) is 42.6 Å². The van der Waals surface area contributed by atoms with Crippen molar-refractivity contribution in [1.82, 2.24) is 14.6 Å². The molecule has 0 aliphatic carbocycles. The molecular formula is C21H18FN5O3. The second-order valence-electron chi connectivity index (χ2n) is 6.32. The maximum Gasteiger partial charge on any atom is 0.165 e. The number of ether oxygens (including phenoxy) is 3. The highest BCUT2D eigenvalue weighted by molar-refractivity contribution is 5.81. The lowest BCUT2D eigenvalue weighted by atomic mass is 10.1. The molecule has 0 saturated carbocycles. The molecule has 2 N–H and O–H groups in total. The highest BCUT2D eigenvalue weighted by atomic mass is 19.1. The van der Waals surface area contributed by atoms with E-state index in [0.29, 0.717) is 45.5 Å². The van der Waals surface area contributed by atoms with Gasteiger partial charge in [-0.3, -0.25) is 0 Å². The van der Waals surface area contributed by atoms with E-state index in [0.717, 1.165) is 0 Å². The minimum Gasteiger partial charge on any atom is -0.494 e. The molecule has 0 bridgehead atoms. The second kappa shape index (κ2) is 7.67. The monoisotopic (exact) mass is 407 g/mol. The standard InChI is InChI=1S/C21H18FN5O3/c1-28-16-7-5-14(9-18(16)30-3)25-21-19(12-4-6-15(22)17(8-12)29-2)26-20-13(10-23)11-24-27(20)21/h4-9,11,25-26H,1-3H3. The van der Waals surface area contributed by atoms with Crippen LogP contribution in [0.2, 0.25) is 0 Å². The van der Waals surface area contributed by atoms with Gasteiger partial charge in [0.1, 0.15) is 11.6 Å². The van der Waals surface area contributed by atoms with Gasteiger partial charge < -0.3 is 24.5 Å². The first kappa shape index (κ1) is 19.1.